The Morgan fingerprint density at radius 2 is 1.87 bits per heavy atom. The highest BCUT2D eigenvalue weighted by atomic mass is 16.5. The molecule has 1 aromatic carbocycles. The molecule has 0 aliphatic carbocycles. The highest BCUT2D eigenvalue weighted by molar-refractivity contribution is 5.90. The van der Waals surface area contributed by atoms with Crippen molar-refractivity contribution in [2.75, 3.05) is 38.1 Å². The van der Waals surface area contributed by atoms with Crippen LogP contribution in [0.15, 0.2) is 42.5 Å². The molecule has 0 fully saturated rings. The average Bonchev–Trinajstić information content (AvgIpc) is 2.92. The molecule has 3 rings (SSSR count). The molecule has 0 radical (unpaired) electrons. The van der Waals surface area contributed by atoms with Crippen LogP contribution in [-0.2, 0) is 32.6 Å². The molecule has 8 heteroatoms. The molecule has 39 heavy (non-hydrogen) atoms. The highest BCUT2D eigenvalue weighted by Crippen LogP contribution is 2.23. The molecule has 1 aromatic heterocycles. The van der Waals surface area contributed by atoms with Crippen LogP contribution in [0.5, 0.6) is 0 Å². The van der Waals surface area contributed by atoms with Gasteiger partial charge in [-0.15, -0.1) is 0 Å². The molecule has 0 saturated heterocycles. The maximum absolute atomic E-state index is 13.1. The number of pyridine rings is 1. The Labute approximate surface area is 233 Å². The van der Waals surface area contributed by atoms with Gasteiger partial charge < -0.3 is 25.4 Å². The summed E-state index contributed by atoms with van der Waals surface area (Å²) >= 11 is 0. The van der Waals surface area contributed by atoms with E-state index in [-0.39, 0.29) is 12.0 Å². The minimum absolute atomic E-state index is 0.141. The normalized spacial score (nSPS) is 14.1. The number of nitrogens with one attached hydrogen (secondary N) is 2. The van der Waals surface area contributed by atoms with Gasteiger partial charge in [-0.2, -0.15) is 0 Å². The number of hydrogen-bond acceptors (Lipinski definition) is 6. The van der Waals surface area contributed by atoms with Gasteiger partial charge in [0.25, 0.3) is 0 Å². The van der Waals surface area contributed by atoms with Gasteiger partial charge in [-0.3, -0.25) is 4.79 Å². The summed E-state index contributed by atoms with van der Waals surface area (Å²) in [5.41, 5.74) is 2.42. The lowest BCUT2D eigenvalue weighted by molar-refractivity contribution is -0.142. The molecule has 0 unspecified atom stereocenters. The van der Waals surface area contributed by atoms with Crippen molar-refractivity contribution in [3.8, 4) is 0 Å². The molecule has 0 saturated carbocycles. The summed E-state index contributed by atoms with van der Waals surface area (Å²) in [5.74, 6) is -0.274. The Kier molecular flexibility index (Phi) is 11.7. The maximum Gasteiger partial charge on any atom is 0.326 e. The molecule has 1 aliphatic heterocycles. The number of carbonyl (C=O) groups excluding carboxylic acids is 1. The van der Waals surface area contributed by atoms with Crippen molar-refractivity contribution < 1.29 is 19.4 Å². The SMILES string of the molecule is CC(C)OCCN(CCCCc1ccc2c(n1)NCCC2)CC[C@H](NC(=O)C(C)(C)c1ccccc1)C(=O)O. The standard InChI is InChI=1S/C31H46N4O4/c1-23(2)39-22-21-35(19-9-8-14-26-16-15-24-11-10-18-32-28(24)33-26)20-17-27(29(36)37)34-30(38)31(3,4)25-12-6-5-7-13-25/h5-7,12-13,15-16,23,27H,8-11,14,17-22H2,1-4H3,(H,32,33)(H,34,38)(H,36,37)/t27-/m0/s1. The van der Waals surface area contributed by atoms with Crippen molar-refractivity contribution >= 4 is 17.7 Å². The molecule has 1 aliphatic rings. The molecule has 3 N–H and O–H groups in total. The lowest BCUT2D eigenvalue weighted by Crippen LogP contribution is -2.49. The van der Waals surface area contributed by atoms with Crippen molar-refractivity contribution in [2.24, 2.45) is 0 Å². The lowest BCUT2D eigenvalue weighted by atomic mass is 9.83. The third kappa shape index (κ3) is 9.62. The number of nitrogens with zero attached hydrogens (tertiary/aromatic N) is 2. The van der Waals surface area contributed by atoms with Crippen molar-refractivity contribution in [2.45, 2.75) is 83.8 Å². The quantitative estimate of drug-likeness (QED) is 0.272. The topological polar surface area (TPSA) is 104 Å². The Balaban J connectivity index is 1.53. The first-order valence-electron chi connectivity index (χ1n) is 14.3. The fourth-order valence-corrected chi connectivity index (χ4v) is 4.80. The number of carbonyl (C=O) groups is 2. The fraction of sp³-hybridized carbons (Fsp3) is 0.581. The van der Waals surface area contributed by atoms with Gasteiger partial charge in [0.05, 0.1) is 18.1 Å². The van der Waals surface area contributed by atoms with Crippen LogP contribution in [-0.4, -0.2) is 71.8 Å². The highest BCUT2D eigenvalue weighted by Gasteiger charge is 2.33. The molecular formula is C31H46N4O4. The van der Waals surface area contributed by atoms with Crippen LogP contribution in [0, 0.1) is 0 Å². The smallest absolute Gasteiger partial charge is 0.326 e. The predicted molar refractivity (Wildman–Crippen MR) is 155 cm³/mol. The van der Waals surface area contributed by atoms with Crippen LogP contribution in [0.3, 0.4) is 0 Å². The van der Waals surface area contributed by atoms with E-state index in [4.69, 9.17) is 9.72 Å². The summed E-state index contributed by atoms with van der Waals surface area (Å²) in [5, 5.41) is 16.1. The average molecular weight is 539 g/mol. The number of aliphatic carboxylic acids is 1. The van der Waals surface area contributed by atoms with Crippen LogP contribution in [0.4, 0.5) is 5.82 Å². The first-order valence-corrected chi connectivity index (χ1v) is 14.3. The van der Waals surface area contributed by atoms with E-state index in [1.165, 1.54) is 5.56 Å². The third-order valence-electron chi connectivity index (χ3n) is 7.37. The van der Waals surface area contributed by atoms with Crippen LogP contribution in [0.1, 0.15) is 70.2 Å². The van der Waals surface area contributed by atoms with Crippen LogP contribution in [0.25, 0.3) is 0 Å². The Hall–Kier alpha value is -2.97. The van der Waals surface area contributed by atoms with Gasteiger partial charge >= 0.3 is 5.97 Å². The fourth-order valence-electron chi connectivity index (χ4n) is 4.80. The van der Waals surface area contributed by atoms with Crippen molar-refractivity contribution in [1.82, 2.24) is 15.2 Å². The second-order valence-electron chi connectivity index (χ2n) is 11.2. The van der Waals surface area contributed by atoms with Gasteiger partial charge in [-0.05, 0) is 90.0 Å². The zero-order valence-electron chi connectivity index (χ0n) is 24.0. The molecular weight excluding hydrogens is 492 g/mol. The van der Waals surface area contributed by atoms with E-state index in [2.05, 4.69) is 27.7 Å². The van der Waals surface area contributed by atoms with E-state index in [1.807, 2.05) is 58.0 Å². The number of aromatic nitrogens is 1. The zero-order chi connectivity index (χ0) is 28.3. The van der Waals surface area contributed by atoms with Gasteiger partial charge in [0, 0.05) is 25.3 Å². The van der Waals surface area contributed by atoms with Crippen molar-refractivity contribution in [3.63, 3.8) is 0 Å². The summed E-state index contributed by atoms with van der Waals surface area (Å²) in [6, 6.07) is 12.8. The van der Waals surface area contributed by atoms with E-state index < -0.39 is 17.4 Å². The summed E-state index contributed by atoms with van der Waals surface area (Å²) in [6.45, 7) is 11.3. The van der Waals surface area contributed by atoms with Crippen LogP contribution >= 0.6 is 0 Å². The van der Waals surface area contributed by atoms with E-state index in [0.29, 0.717) is 19.6 Å². The molecule has 2 heterocycles. The monoisotopic (exact) mass is 538 g/mol. The minimum Gasteiger partial charge on any atom is -0.480 e. The van der Waals surface area contributed by atoms with Crippen LogP contribution in [0.2, 0.25) is 0 Å². The summed E-state index contributed by atoms with van der Waals surface area (Å²) in [7, 11) is 0. The molecule has 0 bridgehead atoms. The molecule has 0 spiro atoms. The van der Waals surface area contributed by atoms with Crippen LogP contribution < -0.4 is 10.6 Å². The number of rotatable bonds is 16. The van der Waals surface area contributed by atoms with E-state index >= 15 is 0 Å². The zero-order valence-corrected chi connectivity index (χ0v) is 24.0. The number of ether oxygens (including phenoxy) is 1. The predicted octanol–water partition coefficient (Wildman–Crippen LogP) is 4.43. The minimum atomic E-state index is -1.02. The molecule has 8 nitrogen and oxygen atoms in total. The number of unbranched alkanes of at least 4 members (excludes halogenated alkanes) is 1. The van der Waals surface area contributed by atoms with Gasteiger partial charge in [-0.1, -0.05) is 36.4 Å². The number of carboxylic acids is 1. The summed E-state index contributed by atoms with van der Waals surface area (Å²) in [6.07, 6.45) is 5.59. The second kappa shape index (κ2) is 15.0. The van der Waals surface area contributed by atoms with Gasteiger partial charge in [0.15, 0.2) is 0 Å². The largest absolute Gasteiger partial charge is 0.480 e. The molecule has 1 amide bonds. The van der Waals surface area contributed by atoms with Crippen molar-refractivity contribution in [3.05, 3.63) is 59.3 Å². The summed E-state index contributed by atoms with van der Waals surface area (Å²) < 4.78 is 5.77. The number of amides is 1. The Morgan fingerprint density at radius 3 is 2.59 bits per heavy atom. The Morgan fingerprint density at radius 1 is 1.10 bits per heavy atom. The molecule has 2 aromatic rings. The van der Waals surface area contributed by atoms with Gasteiger partial charge in [-0.25, -0.2) is 9.78 Å². The second-order valence-corrected chi connectivity index (χ2v) is 11.2. The number of benzene rings is 1. The number of carboxylic acid groups (broad SMARTS) is 1. The van der Waals surface area contributed by atoms with E-state index in [1.54, 1.807) is 0 Å². The Bertz CT molecular complexity index is 1060. The molecule has 214 valence electrons. The first kappa shape index (κ1) is 30.6. The number of hydrogen-bond donors (Lipinski definition) is 3. The van der Waals surface area contributed by atoms with Gasteiger partial charge in [0.1, 0.15) is 11.9 Å². The number of anilines is 1. The lowest BCUT2D eigenvalue weighted by Gasteiger charge is -2.28. The first-order chi connectivity index (χ1) is 18.7. The third-order valence-corrected chi connectivity index (χ3v) is 7.37. The number of aryl methyl sites for hydroxylation is 2. The maximum atomic E-state index is 13.1. The number of fused-ring (bicyclic) bond motifs is 1. The van der Waals surface area contributed by atoms with Gasteiger partial charge in [0.2, 0.25) is 5.91 Å². The molecule has 1 atom stereocenters. The van der Waals surface area contributed by atoms with E-state index in [9.17, 15) is 14.7 Å². The van der Waals surface area contributed by atoms with Crippen molar-refractivity contribution in [1.29, 1.82) is 0 Å². The van der Waals surface area contributed by atoms with E-state index in [0.717, 1.165) is 68.8 Å². The summed E-state index contributed by atoms with van der Waals surface area (Å²) in [4.78, 5) is 32.2.